The highest BCUT2D eigenvalue weighted by atomic mass is 16.4. The standard InChI is InChI=1S/C12H23N3O4/c1-10(2,8(17)18)12(5,6)15-9(19)14-11(3,4)7(13)16/h1-6H3,(H2,13,16)(H,17,18)(H2,14,15,19). The average Bonchev–Trinajstić information content (AvgIpc) is 2.14. The zero-order valence-electron chi connectivity index (χ0n) is 12.2. The van der Waals surface area contributed by atoms with Crippen LogP contribution in [-0.2, 0) is 9.59 Å². The fourth-order valence-corrected chi connectivity index (χ4v) is 1.08. The van der Waals surface area contributed by atoms with Crippen molar-refractivity contribution < 1.29 is 19.5 Å². The Morgan fingerprint density at radius 2 is 1.37 bits per heavy atom. The summed E-state index contributed by atoms with van der Waals surface area (Å²) >= 11 is 0. The smallest absolute Gasteiger partial charge is 0.316 e. The Morgan fingerprint density at radius 3 is 1.68 bits per heavy atom. The first-order chi connectivity index (χ1) is 8.24. The van der Waals surface area contributed by atoms with Crippen molar-refractivity contribution in [2.24, 2.45) is 11.1 Å². The molecule has 0 bridgehead atoms. The van der Waals surface area contributed by atoms with Gasteiger partial charge in [-0.15, -0.1) is 0 Å². The van der Waals surface area contributed by atoms with E-state index in [1.165, 1.54) is 27.7 Å². The number of urea groups is 1. The molecule has 3 amide bonds. The number of carbonyl (C=O) groups excluding carboxylic acids is 2. The molecule has 0 fully saturated rings. The summed E-state index contributed by atoms with van der Waals surface area (Å²) in [6.45, 7) is 9.13. The molecule has 0 aliphatic carbocycles. The molecule has 19 heavy (non-hydrogen) atoms. The van der Waals surface area contributed by atoms with Crippen LogP contribution in [0.25, 0.3) is 0 Å². The first-order valence-corrected chi connectivity index (χ1v) is 5.87. The highest BCUT2D eigenvalue weighted by molar-refractivity contribution is 5.89. The second kappa shape index (κ2) is 5.07. The molecule has 0 spiro atoms. The maximum atomic E-state index is 11.8. The summed E-state index contributed by atoms with van der Waals surface area (Å²) in [5.74, 6) is -1.72. The Hall–Kier alpha value is -1.79. The first kappa shape index (κ1) is 17.2. The monoisotopic (exact) mass is 273 g/mol. The maximum Gasteiger partial charge on any atom is 0.316 e. The average molecular weight is 273 g/mol. The number of carbonyl (C=O) groups is 3. The van der Waals surface area contributed by atoms with Gasteiger partial charge in [-0.2, -0.15) is 0 Å². The topological polar surface area (TPSA) is 122 Å². The molecule has 7 heteroatoms. The Balaban J connectivity index is 4.92. The van der Waals surface area contributed by atoms with Crippen LogP contribution in [0.15, 0.2) is 0 Å². The van der Waals surface area contributed by atoms with Gasteiger partial charge in [0, 0.05) is 0 Å². The zero-order valence-corrected chi connectivity index (χ0v) is 12.2. The lowest BCUT2D eigenvalue weighted by molar-refractivity contribution is -0.150. The lowest BCUT2D eigenvalue weighted by atomic mass is 9.74. The SMILES string of the molecule is CC(C)(NC(=O)NC(C)(C)C(C)(C)C(=O)O)C(N)=O. The molecule has 0 saturated heterocycles. The van der Waals surface area contributed by atoms with Gasteiger partial charge in [-0.1, -0.05) is 0 Å². The van der Waals surface area contributed by atoms with E-state index in [4.69, 9.17) is 10.8 Å². The van der Waals surface area contributed by atoms with Crippen molar-refractivity contribution >= 4 is 17.9 Å². The summed E-state index contributed by atoms with van der Waals surface area (Å²) in [6.07, 6.45) is 0. The minimum Gasteiger partial charge on any atom is -0.481 e. The Bertz CT molecular complexity index is 400. The molecule has 0 rings (SSSR count). The molecule has 0 aromatic heterocycles. The third-order valence-electron chi connectivity index (χ3n) is 3.57. The molecule has 0 atom stereocenters. The molecule has 0 saturated carbocycles. The van der Waals surface area contributed by atoms with Crippen molar-refractivity contribution in [3.05, 3.63) is 0 Å². The van der Waals surface area contributed by atoms with Gasteiger partial charge >= 0.3 is 12.0 Å². The van der Waals surface area contributed by atoms with Crippen molar-refractivity contribution in [3.63, 3.8) is 0 Å². The van der Waals surface area contributed by atoms with Crippen molar-refractivity contribution in [2.75, 3.05) is 0 Å². The van der Waals surface area contributed by atoms with Crippen LogP contribution in [0.4, 0.5) is 4.79 Å². The summed E-state index contributed by atoms with van der Waals surface area (Å²) in [5.41, 5.74) is 1.73. The number of nitrogens with one attached hydrogen (secondary N) is 2. The first-order valence-electron chi connectivity index (χ1n) is 5.87. The fourth-order valence-electron chi connectivity index (χ4n) is 1.08. The minimum atomic E-state index is -1.21. The molecule has 0 heterocycles. The van der Waals surface area contributed by atoms with Gasteiger partial charge in [0.25, 0.3) is 0 Å². The number of nitrogens with two attached hydrogens (primary N) is 1. The van der Waals surface area contributed by atoms with Crippen molar-refractivity contribution in [3.8, 4) is 0 Å². The van der Waals surface area contributed by atoms with Crippen LogP contribution in [0.1, 0.15) is 41.5 Å². The van der Waals surface area contributed by atoms with E-state index in [9.17, 15) is 14.4 Å². The molecule has 0 aliphatic heterocycles. The fraction of sp³-hybridized carbons (Fsp3) is 0.750. The summed E-state index contributed by atoms with van der Waals surface area (Å²) in [5, 5.41) is 14.1. The number of hydrogen-bond acceptors (Lipinski definition) is 3. The van der Waals surface area contributed by atoms with Gasteiger partial charge in [-0.3, -0.25) is 9.59 Å². The van der Waals surface area contributed by atoms with E-state index in [0.717, 1.165) is 0 Å². The number of rotatable bonds is 5. The number of aliphatic carboxylic acids is 1. The number of amides is 3. The van der Waals surface area contributed by atoms with E-state index in [1.54, 1.807) is 13.8 Å². The molecule has 0 radical (unpaired) electrons. The Kier molecular flexibility index (Phi) is 4.59. The summed E-state index contributed by atoms with van der Waals surface area (Å²) in [4.78, 5) is 34.1. The molecule has 0 aliphatic rings. The van der Waals surface area contributed by atoms with Crippen LogP contribution < -0.4 is 16.4 Å². The molecule has 7 nitrogen and oxygen atoms in total. The molecular formula is C12H23N3O4. The highest BCUT2D eigenvalue weighted by Gasteiger charge is 2.45. The van der Waals surface area contributed by atoms with E-state index in [0.29, 0.717) is 0 Å². The lowest BCUT2D eigenvalue weighted by Gasteiger charge is -2.39. The molecule has 110 valence electrons. The van der Waals surface area contributed by atoms with Crippen LogP contribution in [-0.4, -0.2) is 34.1 Å². The minimum absolute atomic E-state index is 0.650. The molecule has 0 aromatic rings. The Labute approximate surface area is 112 Å². The van der Waals surface area contributed by atoms with Gasteiger partial charge in [0.05, 0.1) is 11.0 Å². The van der Waals surface area contributed by atoms with Crippen LogP contribution in [0, 0.1) is 5.41 Å². The second-order valence-corrected chi connectivity index (χ2v) is 6.12. The number of primary amides is 1. The van der Waals surface area contributed by atoms with E-state index >= 15 is 0 Å². The highest BCUT2D eigenvalue weighted by Crippen LogP contribution is 2.30. The second-order valence-electron chi connectivity index (χ2n) is 6.12. The quantitative estimate of drug-likeness (QED) is 0.580. The molecular weight excluding hydrogens is 250 g/mol. The predicted molar refractivity (Wildman–Crippen MR) is 70.4 cm³/mol. The van der Waals surface area contributed by atoms with Crippen LogP contribution in [0.5, 0.6) is 0 Å². The lowest BCUT2D eigenvalue weighted by Crippen LogP contribution is -2.63. The van der Waals surface area contributed by atoms with Gasteiger partial charge in [-0.05, 0) is 41.5 Å². The van der Waals surface area contributed by atoms with Crippen molar-refractivity contribution in [2.45, 2.75) is 52.6 Å². The molecule has 5 N–H and O–H groups in total. The van der Waals surface area contributed by atoms with Crippen LogP contribution in [0.3, 0.4) is 0 Å². The largest absolute Gasteiger partial charge is 0.481 e. The van der Waals surface area contributed by atoms with E-state index in [1.807, 2.05) is 0 Å². The predicted octanol–water partition coefficient (Wildman–Crippen LogP) is 0.439. The number of carboxylic acids is 1. The van der Waals surface area contributed by atoms with Gasteiger partial charge in [0.15, 0.2) is 0 Å². The third-order valence-corrected chi connectivity index (χ3v) is 3.57. The van der Waals surface area contributed by atoms with Gasteiger partial charge < -0.3 is 21.5 Å². The van der Waals surface area contributed by atoms with Gasteiger partial charge in [-0.25, -0.2) is 4.79 Å². The van der Waals surface area contributed by atoms with Crippen molar-refractivity contribution in [1.29, 1.82) is 0 Å². The third kappa shape index (κ3) is 3.84. The summed E-state index contributed by atoms with van der Waals surface area (Å²) in [6, 6.07) is -0.650. The van der Waals surface area contributed by atoms with Gasteiger partial charge in [0.1, 0.15) is 5.54 Å². The normalized spacial score (nSPS) is 12.7. The number of carboxylic acid groups (broad SMARTS) is 1. The molecule has 0 aromatic carbocycles. The van der Waals surface area contributed by atoms with Crippen molar-refractivity contribution in [1.82, 2.24) is 10.6 Å². The molecule has 0 unspecified atom stereocenters. The van der Waals surface area contributed by atoms with E-state index in [2.05, 4.69) is 10.6 Å². The number of hydrogen-bond donors (Lipinski definition) is 4. The van der Waals surface area contributed by atoms with E-state index in [-0.39, 0.29) is 0 Å². The Morgan fingerprint density at radius 1 is 0.947 bits per heavy atom. The summed E-state index contributed by atoms with van der Waals surface area (Å²) in [7, 11) is 0. The van der Waals surface area contributed by atoms with Crippen LogP contribution in [0.2, 0.25) is 0 Å². The zero-order chi connectivity index (χ0) is 15.6. The maximum absolute atomic E-state index is 11.8. The van der Waals surface area contributed by atoms with Gasteiger partial charge in [0.2, 0.25) is 5.91 Å². The summed E-state index contributed by atoms with van der Waals surface area (Å²) < 4.78 is 0. The van der Waals surface area contributed by atoms with E-state index < -0.39 is 34.4 Å². The van der Waals surface area contributed by atoms with Crippen LogP contribution >= 0.6 is 0 Å².